The molecule has 0 bridgehead atoms. The summed E-state index contributed by atoms with van der Waals surface area (Å²) in [6, 6.07) is 4.10. The molecule has 0 saturated heterocycles. The number of hydrogen-bond donors (Lipinski definition) is 0. The maximum absolute atomic E-state index is 5.09. The number of hydrogen-bond acceptors (Lipinski definition) is 3. The molecule has 84 valence electrons. The molecule has 0 unspecified atom stereocenters. The zero-order chi connectivity index (χ0) is 11.1. The van der Waals surface area contributed by atoms with Crippen LogP contribution in [0.2, 0.25) is 0 Å². The number of methoxy groups -OCH3 is 1. The number of pyridine rings is 1. The zero-order valence-electron chi connectivity index (χ0n) is 9.24. The van der Waals surface area contributed by atoms with Crippen molar-refractivity contribution in [3.63, 3.8) is 0 Å². The van der Waals surface area contributed by atoms with Gasteiger partial charge in [-0.15, -0.1) is 0 Å². The topological polar surface area (TPSA) is 25.4 Å². The lowest BCUT2D eigenvalue weighted by atomic mass is 10.3. The molecule has 0 aliphatic carbocycles. The Balaban J connectivity index is 2.69. The molecule has 1 rings (SSSR count). The molecular formula is C11H17BrN2O. The third kappa shape index (κ3) is 4.18. The van der Waals surface area contributed by atoms with Gasteiger partial charge in [0.1, 0.15) is 5.82 Å². The number of nitrogens with zero attached hydrogens (tertiary/aromatic N) is 2. The van der Waals surface area contributed by atoms with E-state index in [1.165, 1.54) is 5.56 Å². The highest BCUT2D eigenvalue weighted by molar-refractivity contribution is 9.09. The average Bonchev–Trinajstić information content (AvgIpc) is 2.24. The number of aryl methyl sites for hydroxylation is 1. The van der Waals surface area contributed by atoms with Crippen LogP contribution in [0.15, 0.2) is 18.3 Å². The summed E-state index contributed by atoms with van der Waals surface area (Å²) in [6.45, 7) is 4.62. The molecule has 0 spiro atoms. The molecule has 0 N–H and O–H groups in total. The van der Waals surface area contributed by atoms with Gasteiger partial charge in [-0.25, -0.2) is 4.98 Å². The molecule has 1 aromatic heterocycles. The Morgan fingerprint density at radius 2 is 2.27 bits per heavy atom. The molecule has 0 aromatic carbocycles. The largest absolute Gasteiger partial charge is 0.383 e. The quantitative estimate of drug-likeness (QED) is 0.743. The van der Waals surface area contributed by atoms with Gasteiger partial charge in [0.15, 0.2) is 0 Å². The SMILES string of the molecule is COCCN(CCBr)c1cc(C)ccn1. The van der Waals surface area contributed by atoms with Crippen molar-refractivity contribution in [3.05, 3.63) is 23.9 Å². The molecule has 0 aliphatic rings. The summed E-state index contributed by atoms with van der Waals surface area (Å²) in [5.74, 6) is 1.02. The third-order valence-corrected chi connectivity index (χ3v) is 2.50. The van der Waals surface area contributed by atoms with Gasteiger partial charge < -0.3 is 9.64 Å². The van der Waals surface area contributed by atoms with Crippen LogP contribution in [0.3, 0.4) is 0 Å². The Labute approximate surface area is 99.6 Å². The average molecular weight is 273 g/mol. The second-order valence-corrected chi connectivity index (χ2v) is 4.15. The lowest BCUT2D eigenvalue weighted by Gasteiger charge is -2.22. The van der Waals surface area contributed by atoms with Crippen LogP contribution in [-0.2, 0) is 4.74 Å². The minimum absolute atomic E-state index is 0.725. The molecule has 3 nitrogen and oxygen atoms in total. The molecule has 0 amide bonds. The fourth-order valence-corrected chi connectivity index (χ4v) is 1.77. The van der Waals surface area contributed by atoms with Crippen molar-refractivity contribution in [1.82, 2.24) is 4.98 Å². The molecule has 0 radical (unpaired) electrons. The molecule has 4 heteroatoms. The minimum atomic E-state index is 0.725. The number of aromatic nitrogens is 1. The molecule has 15 heavy (non-hydrogen) atoms. The number of anilines is 1. The van der Waals surface area contributed by atoms with E-state index in [9.17, 15) is 0 Å². The van der Waals surface area contributed by atoms with Gasteiger partial charge in [-0.1, -0.05) is 15.9 Å². The first-order valence-corrected chi connectivity index (χ1v) is 6.12. The van der Waals surface area contributed by atoms with Crippen molar-refractivity contribution in [2.45, 2.75) is 6.92 Å². The monoisotopic (exact) mass is 272 g/mol. The van der Waals surface area contributed by atoms with Gasteiger partial charge in [0.05, 0.1) is 6.61 Å². The highest BCUT2D eigenvalue weighted by atomic mass is 79.9. The summed E-state index contributed by atoms with van der Waals surface area (Å²) in [5, 5.41) is 0.937. The highest BCUT2D eigenvalue weighted by Gasteiger charge is 2.06. The Hall–Kier alpha value is -0.610. The van der Waals surface area contributed by atoms with E-state index in [1.54, 1.807) is 7.11 Å². The maximum atomic E-state index is 5.09. The van der Waals surface area contributed by atoms with Crippen molar-refractivity contribution in [2.75, 3.05) is 37.0 Å². The molecule has 0 aliphatic heterocycles. The summed E-state index contributed by atoms with van der Waals surface area (Å²) in [6.07, 6.45) is 1.85. The predicted molar refractivity (Wildman–Crippen MR) is 66.9 cm³/mol. The fraction of sp³-hybridized carbons (Fsp3) is 0.545. The second kappa shape index (κ2) is 6.80. The Morgan fingerprint density at radius 1 is 1.47 bits per heavy atom. The number of rotatable bonds is 6. The minimum Gasteiger partial charge on any atom is -0.383 e. The molecule has 1 aromatic rings. The summed E-state index contributed by atoms with van der Waals surface area (Å²) in [5.41, 5.74) is 1.23. The van der Waals surface area contributed by atoms with Crippen LogP contribution in [-0.4, -0.2) is 37.1 Å². The number of ether oxygens (including phenoxy) is 1. The smallest absolute Gasteiger partial charge is 0.128 e. The van der Waals surface area contributed by atoms with Crippen molar-refractivity contribution in [2.24, 2.45) is 0 Å². The van der Waals surface area contributed by atoms with Gasteiger partial charge in [0.2, 0.25) is 0 Å². The summed E-state index contributed by atoms with van der Waals surface area (Å²) < 4.78 is 5.09. The highest BCUT2D eigenvalue weighted by Crippen LogP contribution is 2.11. The molecule has 0 fully saturated rings. The third-order valence-electron chi connectivity index (χ3n) is 2.14. The van der Waals surface area contributed by atoms with Crippen molar-refractivity contribution < 1.29 is 4.74 Å². The van der Waals surface area contributed by atoms with E-state index >= 15 is 0 Å². The number of alkyl halides is 1. The van der Waals surface area contributed by atoms with Crippen molar-refractivity contribution in [3.8, 4) is 0 Å². The summed E-state index contributed by atoms with van der Waals surface area (Å²) in [7, 11) is 1.72. The zero-order valence-corrected chi connectivity index (χ0v) is 10.8. The van der Waals surface area contributed by atoms with Crippen LogP contribution in [0.5, 0.6) is 0 Å². The second-order valence-electron chi connectivity index (χ2n) is 3.36. The first-order valence-electron chi connectivity index (χ1n) is 5.00. The summed E-state index contributed by atoms with van der Waals surface area (Å²) >= 11 is 3.45. The first-order chi connectivity index (χ1) is 7.27. The van der Waals surface area contributed by atoms with E-state index in [2.05, 4.69) is 38.8 Å². The van der Waals surface area contributed by atoms with Gasteiger partial charge in [-0.3, -0.25) is 0 Å². The lowest BCUT2D eigenvalue weighted by Crippen LogP contribution is -2.29. The van der Waals surface area contributed by atoms with E-state index in [0.29, 0.717) is 0 Å². The van der Waals surface area contributed by atoms with Gasteiger partial charge in [-0.2, -0.15) is 0 Å². The summed E-state index contributed by atoms with van der Waals surface area (Å²) in [4.78, 5) is 6.57. The van der Waals surface area contributed by atoms with Gasteiger partial charge >= 0.3 is 0 Å². The van der Waals surface area contributed by atoms with Gasteiger partial charge in [0.25, 0.3) is 0 Å². The van der Waals surface area contributed by atoms with Crippen LogP contribution in [0.1, 0.15) is 5.56 Å². The van der Waals surface area contributed by atoms with Crippen LogP contribution in [0, 0.1) is 6.92 Å². The van der Waals surface area contributed by atoms with E-state index in [-0.39, 0.29) is 0 Å². The Morgan fingerprint density at radius 3 is 2.87 bits per heavy atom. The maximum Gasteiger partial charge on any atom is 0.128 e. The van der Waals surface area contributed by atoms with E-state index in [4.69, 9.17) is 4.74 Å². The standard InChI is InChI=1S/C11H17BrN2O/c1-10-3-5-13-11(9-10)14(6-4-12)7-8-15-2/h3,5,9H,4,6-8H2,1-2H3. The van der Waals surface area contributed by atoms with E-state index in [0.717, 1.165) is 30.8 Å². The van der Waals surface area contributed by atoms with Gasteiger partial charge in [-0.05, 0) is 24.6 Å². The van der Waals surface area contributed by atoms with E-state index < -0.39 is 0 Å². The predicted octanol–water partition coefficient (Wildman–Crippen LogP) is 2.24. The van der Waals surface area contributed by atoms with Crippen molar-refractivity contribution in [1.29, 1.82) is 0 Å². The fourth-order valence-electron chi connectivity index (χ4n) is 1.34. The van der Waals surface area contributed by atoms with Crippen LogP contribution < -0.4 is 4.90 Å². The van der Waals surface area contributed by atoms with Gasteiger partial charge in [0, 0.05) is 31.7 Å². The van der Waals surface area contributed by atoms with Crippen LogP contribution in [0.4, 0.5) is 5.82 Å². The number of halogens is 1. The molecule has 0 saturated carbocycles. The van der Waals surface area contributed by atoms with Crippen LogP contribution in [0.25, 0.3) is 0 Å². The molecular weight excluding hydrogens is 256 g/mol. The lowest BCUT2D eigenvalue weighted by molar-refractivity contribution is 0.205. The Bertz CT molecular complexity index is 294. The molecule has 0 atom stereocenters. The van der Waals surface area contributed by atoms with E-state index in [1.807, 2.05) is 12.3 Å². The normalized spacial score (nSPS) is 10.3. The Kier molecular flexibility index (Phi) is 5.65. The molecule has 1 heterocycles. The first kappa shape index (κ1) is 12.5. The van der Waals surface area contributed by atoms with Crippen molar-refractivity contribution >= 4 is 21.7 Å². The van der Waals surface area contributed by atoms with Crippen LogP contribution >= 0.6 is 15.9 Å².